The fraction of sp³-hybridized carbons (Fsp3) is 0.727. The SMILES string of the molecule is C.C.C.C.CC.CC.CC.CC.CC.CO.Cc1ccccc1N.[B]. The number of nitrogens with two attached hydrogens (primary N) is 1. The summed E-state index contributed by atoms with van der Waals surface area (Å²) in [5.41, 5.74) is 7.53. The van der Waals surface area contributed by atoms with E-state index in [1.807, 2.05) is 100 Å². The van der Waals surface area contributed by atoms with Crippen molar-refractivity contribution in [3.8, 4) is 0 Å². The van der Waals surface area contributed by atoms with Crippen molar-refractivity contribution < 1.29 is 5.11 Å². The molecule has 0 aliphatic carbocycles. The number of anilines is 1. The highest BCUT2D eigenvalue weighted by molar-refractivity contribution is 5.75. The van der Waals surface area contributed by atoms with Gasteiger partial charge in [-0.2, -0.15) is 0 Å². The van der Waals surface area contributed by atoms with Crippen LogP contribution in [0.1, 0.15) is 105 Å². The van der Waals surface area contributed by atoms with Gasteiger partial charge in [-0.05, 0) is 18.6 Å². The van der Waals surface area contributed by atoms with Crippen LogP contribution < -0.4 is 5.73 Å². The minimum atomic E-state index is 0. The van der Waals surface area contributed by atoms with Gasteiger partial charge in [0.15, 0.2) is 0 Å². The van der Waals surface area contributed by atoms with E-state index in [0.717, 1.165) is 18.4 Å². The molecule has 0 bridgehead atoms. The Labute approximate surface area is 168 Å². The van der Waals surface area contributed by atoms with E-state index in [-0.39, 0.29) is 38.1 Å². The van der Waals surface area contributed by atoms with E-state index in [2.05, 4.69) is 0 Å². The molecule has 0 amide bonds. The predicted octanol–water partition coefficient (Wildman–Crippen LogP) is 8.48. The molecule has 0 saturated heterocycles. The molecule has 1 aromatic rings. The van der Waals surface area contributed by atoms with Crippen LogP contribution in [0.15, 0.2) is 24.3 Å². The van der Waals surface area contributed by atoms with E-state index >= 15 is 0 Å². The van der Waals surface area contributed by atoms with E-state index in [9.17, 15) is 0 Å². The Hall–Kier alpha value is -0.955. The van der Waals surface area contributed by atoms with Crippen LogP contribution in [0.5, 0.6) is 0 Å². The van der Waals surface area contributed by atoms with Crippen molar-refractivity contribution in [1.29, 1.82) is 0 Å². The van der Waals surface area contributed by atoms with E-state index < -0.39 is 0 Å². The molecule has 1 aromatic carbocycles. The third-order valence-electron chi connectivity index (χ3n) is 1.19. The molecule has 0 fully saturated rings. The maximum absolute atomic E-state index is 7.00. The van der Waals surface area contributed by atoms with Crippen molar-refractivity contribution in [3.05, 3.63) is 29.8 Å². The number of aliphatic hydroxyl groups is 1. The Bertz CT molecular complexity index is 174. The molecule has 3 radical (unpaired) electrons. The van der Waals surface area contributed by atoms with Gasteiger partial charge in [0, 0.05) is 21.2 Å². The number of para-hydroxylation sites is 1. The maximum Gasteiger partial charge on any atom is 0.0343 e. The fourth-order valence-corrected chi connectivity index (χ4v) is 0.587. The Morgan fingerprint density at radius 2 is 0.800 bits per heavy atom. The molecule has 0 atom stereocenters. The Balaban J connectivity index is -0.0000000114. The van der Waals surface area contributed by atoms with Crippen molar-refractivity contribution in [2.24, 2.45) is 0 Å². The van der Waals surface area contributed by atoms with E-state index in [0.29, 0.717) is 0 Å². The first-order valence-corrected chi connectivity index (χ1v) is 8.06. The quantitative estimate of drug-likeness (QED) is 0.358. The maximum atomic E-state index is 7.00. The number of nitrogen functional groups attached to an aromatic ring is 1. The lowest BCUT2D eigenvalue weighted by molar-refractivity contribution is 0.399. The molecule has 0 heterocycles. The van der Waals surface area contributed by atoms with Crippen LogP contribution in [-0.4, -0.2) is 20.6 Å². The van der Waals surface area contributed by atoms with Gasteiger partial charge in [0.25, 0.3) is 0 Å². The molecule has 0 aliphatic rings. The van der Waals surface area contributed by atoms with Crippen LogP contribution in [0.4, 0.5) is 5.69 Å². The average Bonchev–Trinajstić information content (AvgIpc) is 2.61. The summed E-state index contributed by atoms with van der Waals surface area (Å²) < 4.78 is 0. The van der Waals surface area contributed by atoms with Gasteiger partial charge < -0.3 is 10.8 Å². The van der Waals surface area contributed by atoms with Gasteiger partial charge in [-0.1, -0.05) is 117 Å². The Kier molecular flexibility index (Phi) is 411. The number of rotatable bonds is 0. The number of hydrogen-bond acceptors (Lipinski definition) is 2. The van der Waals surface area contributed by atoms with Crippen LogP contribution in [0, 0.1) is 6.92 Å². The number of benzene rings is 1. The first-order valence-electron chi connectivity index (χ1n) is 8.06. The van der Waals surface area contributed by atoms with E-state index in [4.69, 9.17) is 10.8 Å². The monoisotopic (exact) mass is 364 g/mol. The van der Waals surface area contributed by atoms with Crippen molar-refractivity contribution in [2.45, 2.75) is 106 Å². The van der Waals surface area contributed by atoms with Gasteiger partial charge >= 0.3 is 0 Å². The molecular formula is C22H59BNO. The van der Waals surface area contributed by atoms with Crippen molar-refractivity contribution in [2.75, 3.05) is 12.8 Å². The molecule has 0 unspecified atom stereocenters. The third-order valence-corrected chi connectivity index (χ3v) is 1.19. The lowest BCUT2D eigenvalue weighted by atomic mass is 10.2. The minimum Gasteiger partial charge on any atom is -0.400 e. The Morgan fingerprint density at radius 3 is 0.920 bits per heavy atom. The summed E-state index contributed by atoms with van der Waals surface area (Å²) in [6, 6.07) is 7.80. The molecule has 0 spiro atoms. The van der Waals surface area contributed by atoms with Crippen LogP contribution >= 0.6 is 0 Å². The lowest BCUT2D eigenvalue weighted by Gasteiger charge is -1.93. The third kappa shape index (κ3) is 101. The summed E-state index contributed by atoms with van der Waals surface area (Å²) in [6.07, 6.45) is 0. The van der Waals surface area contributed by atoms with Crippen molar-refractivity contribution in [1.82, 2.24) is 0 Å². The smallest absolute Gasteiger partial charge is 0.0343 e. The standard InChI is InChI=1S/C7H9N.5C2H6.CH4O.4CH4.B/c1-6-4-2-3-5-7(6)8;6*1-2;;;;;/h2-5H,8H2,1H3;5*1-2H3;2H,1H3;4*1H4;. The molecular weight excluding hydrogens is 305 g/mol. The molecule has 3 heteroatoms. The van der Waals surface area contributed by atoms with Gasteiger partial charge in [0.2, 0.25) is 0 Å². The van der Waals surface area contributed by atoms with Crippen LogP contribution in [0.2, 0.25) is 0 Å². The van der Waals surface area contributed by atoms with Gasteiger partial charge in [-0.3, -0.25) is 0 Å². The zero-order valence-electron chi connectivity index (χ0n) is 16.9. The predicted molar refractivity (Wildman–Crippen MR) is 133 cm³/mol. The molecule has 25 heavy (non-hydrogen) atoms. The van der Waals surface area contributed by atoms with E-state index in [1.54, 1.807) is 0 Å². The van der Waals surface area contributed by atoms with Crippen molar-refractivity contribution in [3.63, 3.8) is 0 Å². The Morgan fingerprint density at radius 1 is 0.600 bits per heavy atom. The summed E-state index contributed by atoms with van der Waals surface area (Å²) >= 11 is 0. The number of aryl methyl sites for hydroxylation is 1. The first kappa shape index (κ1) is 75.0. The van der Waals surface area contributed by atoms with E-state index in [1.165, 1.54) is 0 Å². The number of hydrogen-bond donors (Lipinski definition) is 2. The summed E-state index contributed by atoms with van der Waals surface area (Å²) in [4.78, 5) is 0. The molecule has 0 aromatic heterocycles. The van der Waals surface area contributed by atoms with Gasteiger partial charge in [0.1, 0.15) is 0 Å². The first-order chi connectivity index (χ1) is 9.80. The van der Waals surface area contributed by atoms with Gasteiger partial charge in [0.05, 0.1) is 0 Å². The molecule has 1 rings (SSSR count). The summed E-state index contributed by atoms with van der Waals surface area (Å²) in [6.45, 7) is 22.0. The van der Waals surface area contributed by atoms with Crippen LogP contribution in [0.3, 0.4) is 0 Å². The normalized spacial score (nSPS) is 4.36. The lowest BCUT2D eigenvalue weighted by Crippen LogP contribution is -1.85. The fourth-order valence-electron chi connectivity index (χ4n) is 0.587. The van der Waals surface area contributed by atoms with Crippen LogP contribution in [-0.2, 0) is 0 Å². The topological polar surface area (TPSA) is 46.2 Å². The second-order valence-corrected chi connectivity index (χ2v) is 1.86. The second kappa shape index (κ2) is 137. The summed E-state index contributed by atoms with van der Waals surface area (Å²) in [7, 11) is 1.00. The number of aliphatic hydroxyl groups excluding tert-OH is 1. The molecule has 3 N–H and O–H groups in total. The summed E-state index contributed by atoms with van der Waals surface area (Å²) in [5.74, 6) is 0. The minimum absolute atomic E-state index is 0. The highest BCUT2D eigenvalue weighted by Crippen LogP contribution is 2.06. The summed E-state index contributed by atoms with van der Waals surface area (Å²) in [5, 5.41) is 7.00. The zero-order chi connectivity index (χ0) is 18.0. The molecule has 0 aliphatic heterocycles. The largest absolute Gasteiger partial charge is 0.400 e. The molecule has 2 nitrogen and oxygen atoms in total. The van der Waals surface area contributed by atoms with Crippen LogP contribution in [0.25, 0.3) is 0 Å². The highest BCUT2D eigenvalue weighted by atomic mass is 16.2. The average molecular weight is 365 g/mol. The molecule has 161 valence electrons. The zero-order valence-corrected chi connectivity index (χ0v) is 16.9. The van der Waals surface area contributed by atoms with Gasteiger partial charge in [-0.25, -0.2) is 0 Å². The van der Waals surface area contributed by atoms with Crippen molar-refractivity contribution >= 4 is 14.1 Å². The second-order valence-electron chi connectivity index (χ2n) is 1.86. The highest BCUT2D eigenvalue weighted by Gasteiger charge is 1.84. The molecule has 0 saturated carbocycles. The van der Waals surface area contributed by atoms with Gasteiger partial charge in [-0.15, -0.1) is 0 Å².